The number of hydrogen-bond acceptors (Lipinski definition) is 5. The van der Waals surface area contributed by atoms with E-state index in [0.29, 0.717) is 12.3 Å². The number of aromatic nitrogens is 4. The highest BCUT2D eigenvalue weighted by Gasteiger charge is 2.21. The number of aryl methyl sites for hydroxylation is 2. The lowest BCUT2D eigenvalue weighted by molar-refractivity contribution is -0.117. The highest BCUT2D eigenvalue weighted by atomic mass is 32.1. The molecule has 4 aromatic rings. The fraction of sp³-hybridized carbons (Fsp3) is 0.304. The van der Waals surface area contributed by atoms with Gasteiger partial charge in [0.05, 0.1) is 45.6 Å². The van der Waals surface area contributed by atoms with Gasteiger partial charge in [-0.25, -0.2) is 4.98 Å². The third-order valence-electron chi connectivity index (χ3n) is 5.80. The minimum absolute atomic E-state index is 0.101. The normalized spacial score (nSPS) is 14.1. The molecule has 1 saturated carbocycles. The van der Waals surface area contributed by atoms with Gasteiger partial charge in [0.1, 0.15) is 0 Å². The predicted octanol–water partition coefficient (Wildman–Crippen LogP) is 5.20. The SMILES string of the molecule is Cc1nn(C)c2cc(-c3cncc(-c4cc(NC(=O)CC5CCC5)cs4)n3)ccc12. The van der Waals surface area contributed by atoms with Crippen LogP contribution in [0, 0.1) is 12.8 Å². The number of hydrogen-bond donors (Lipinski definition) is 1. The molecule has 1 fully saturated rings. The van der Waals surface area contributed by atoms with Crippen LogP contribution in [-0.2, 0) is 11.8 Å². The van der Waals surface area contributed by atoms with Gasteiger partial charge in [-0.05, 0) is 37.8 Å². The Kier molecular flexibility index (Phi) is 4.83. The van der Waals surface area contributed by atoms with Crippen molar-refractivity contribution in [1.82, 2.24) is 19.7 Å². The second-order valence-corrected chi connectivity index (χ2v) is 8.89. The summed E-state index contributed by atoms with van der Waals surface area (Å²) in [5.41, 5.74) is 5.55. The van der Waals surface area contributed by atoms with Gasteiger partial charge in [0.2, 0.25) is 5.91 Å². The van der Waals surface area contributed by atoms with Crippen molar-refractivity contribution in [2.45, 2.75) is 32.6 Å². The van der Waals surface area contributed by atoms with E-state index < -0.39 is 0 Å². The molecule has 0 radical (unpaired) electrons. The first kappa shape index (κ1) is 18.9. The van der Waals surface area contributed by atoms with Gasteiger partial charge < -0.3 is 5.32 Å². The van der Waals surface area contributed by atoms with E-state index in [1.165, 1.54) is 19.3 Å². The van der Waals surface area contributed by atoms with Gasteiger partial charge in [-0.2, -0.15) is 5.10 Å². The van der Waals surface area contributed by atoms with Crippen LogP contribution in [0.2, 0.25) is 0 Å². The monoisotopic (exact) mass is 417 g/mol. The number of nitrogens with zero attached hydrogens (tertiary/aromatic N) is 4. The molecular weight excluding hydrogens is 394 g/mol. The molecule has 3 aromatic heterocycles. The molecule has 0 aliphatic heterocycles. The number of rotatable bonds is 5. The summed E-state index contributed by atoms with van der Waals surface area (Å²) in [6.07, 6.45) is 7.77. The summed E-state index contributed by atoms with van der Waals surface area (Å²) in [5, 5.41) is 10.6. The zero-order valence-corrected chi connectivity index (χ0v) is 17.9. The lowest BCUT2D eigenvalue weighted by Gasteiger charge is -2.24. The van der Waals surface area contributed by atoms with Gasteiger partial charge in [0, 0.05) is 29.8 Å². The van der Waals surface area contributed by atoms with E-state index in [2.05, 4.69) is 33.6 Å². The van der Waals surface area contributed by atoms with Crippen LogP contribution >= 0.6 is 11.3 Å². The summed E-state index contributed by atoms with van der Waals surface area (Å²) >= 11 is 1.56. The third-order valence-corrected chi connectivity index (χ3v) is 6.75. The molecule has 0 saturated heterocycles. The summed E-state index contributed by atoms with van der Waals surface area (Å²) < 4.78 is 1.89. The van der Waals surface area contributed by atoms with Crippen molar-refractivity contribution in [3.05, 3.63) is 47.7 Å². The molecule has 3 heterocycles. The summed E-state index contributed by atoms with van der Waals surface area (Å²) in [5.74, 6) is 0.662. The van der Waals surface area contributed by atoms with Crippen molar-refractivity contribution < 1.29 is 4.79 Å². The molecule has 0 atom stereocenters. The maximum Gasteiger partial charge on any atom is 0.224 e. The Bertz CT molecular complexity index is 1240. The molecule has 152 valence electrons. The van der Waals surface area contributed by atoms with Gasteiger partial charge in [0.15, 0.2) is 0 Å². The van der Waals surface area contributed by atoms with E-state index in [-0.39, 0.29) is 5.91 Å². The number of amides is 1. The zero-order chi connectivity index (χ0) is 20.7. The van der Waals surface area contributed by atoms with Crippen LogP contribution in [0.3, 0.4) is 0 Å². The Morgan fingerprint density at radius 1 is 1.23 bits per heavy atom. The Labute approximate surface area is 179 Å². The maximum atomic E-state index is 12.2. The van der Waals surface area contributed by atoms with Crippen LogP contribution in [-0.4, -0.2) is 25.7 Å². The topological polar surface area (TPSA) is 72.7 Å². The van der Waals surface area contributed by atoms with Crippen molar-refractivity contribution >= 4 is 33.8 Å². The van der Waals surface area contributed by atoms with Crippen molar-refractivity contribution in [3.63, 3.8) is 0 Å². The number of anilines is 1. The molecule has 5 rings (SSSR count). The molecule has 7 heteroatoms. The molecule has 30 heavy (non-hydrogen) atoms. The Morgan fingerprint density at radius 3 is 2.87 bits per heavy atom. The van der Waals surface area contributed by atoms with E-state index >= 15 is 0 Å². The summed E-state index contributed by atoms with van der Waals surface area (Å²) in [6.45, 7) is 2.02. The Hall–Kier alpha value is -3.06. The first-order chi connectivity index (χ1) is 14.6. The standard InChI is InChI=1S/C23H23N5OS/c1-14-18-7-6-16(9-21(18)28(2)27-14)19-11-24-12-20(26-19)22-10-17(13-30-22)25-23(29)8-15-4-3-5-15/h6-7,9-13,15H,3-5,8H2,1-2H3,(H,25,29). The average Bonchev–Trinajstić information content (AvgIpc) is 3.29. The number of thiophene rings is 1. The molecule has 0 unspecified atom stereocenters. The van der Waals surface area contributed by atoms with Gasteiger partial charge in [-0.15, -0.1) is 11.3 Å². The van der Waals surface area contributed by atoms with Crippen LogP contribution in [0.25, 0.3) is 32.7 Å². The van der Waals surface area contributed by atoms with Gasteiger partial charge in [0.25, 0.3) is 0 Å². The maximum absolute atomic E-state index is 12.2. The molecule has 1 amide bonds. The lowest BCUT2D eigenvalue weighted by atomic mass is 9.83. The second kappa shape index (κ2) is 7.65. The molecule has 1 aromatic carbocycles. The second-order valence-electron chi connectivity index (χ2n) is 7.98. The Balaban J connectivity index is 1.38. The highest BCUT2D eigenvalue weighted by molar-refractivity contribution is 7.14. The molecule has 1 aliphatic carbocycles. The van der Waals surface area contributed by atoms with Gasteiger partial charge in [-0.3, -0.25) is 14.5 Å². The van der Waals surface area contributed by atoms with Crippen LogP contribution in [0.15, 0.2) is 42.0 Å². The largest absolute Gasteiger partial charge is 0.325 e. The number of fused-ring (bicyclic) bond motifs is 1. The van der Waals surface area contributed by atoms with Gasteiger partial charge in [-0.1, -0.05) is 18.6 Å². The summed E-state index contributed by atoms with van der Waals surface area (Å²) in [6, 6.07) is 8.22. The lowest BCUT2D eigenvalue weighted by Crippen LogP contribution is -2.20. The van der Waals surface area contributed by atoms with Crippen LogP contribution in [0.4, 0.5) is 5.69 Å². The van der Waals surface area contributed by atoms with Crippen molar-refractivity contribution in [1.29, 1.82) is 0 Å². The third kappa shape index (κ3) is 3.61. The fourth-order valence-corrected chi connectivity index (χ4v) is 4.72. The van der Waals surface area contributed by atoms with E-state index in [1.54, 1.807) is 23.7 Å². The predicted molar refractivity (Wildman–Crippen MR) is 120 cm³/mol. The van der Waals surface area contributed by atoms with Crippen molar-refractivity contribution in [2.75, 3.05) is 5.32 Å². The molecule has 1 N–H and O–H groups in total. The first-order valence-electron chi connectivity index (χ1n) is 10.2. The van der Waals surface area contributed by atoms with Crippen LogP contribution < -0.4 is 5.32 Å². The number of benzene rings is 1. The zero-order valence-electron chi connectivity index (χ0n) is 17.1. The minimum atomic E-state index is 0.101. The molecular formula is C23H23N5OS. The quantitative estimate of drug-likeness (QED) is 0.485. The fourth-order valence-electron chi connectivity index (χ4n) is 3.93. The molecule has 6 nitrogen and oxygen atoms in total. The van der Waals surface area contributed by atoms with E-state index in [0.717, 1.165) is 44.1 Å². The smallest absolute Gasteiger partial charge is 0.224 e. The molecule has 0 bridgehead atoms. The first-order valence-corrected chi connectivity index (χ1v) is 11.1. The molecule has 0 spiro atoms. The number of carbonyl (C=O) groups is 1. The van der Waals surface area contributed by atoms with Crippen molar-refractivity contribution in [3.8, 4) is 21.8 Å². The van der Waals surface area contributed by atoms with Gasteiger partial charge >= 0.3 is 0 Å². The van der Waals surface area contributed by atoms with E-state index in [4.69, 9.17) is 4.98 Å². The summed E-state index contributed by atoms with van der Waals surface area (Å²) in [4.78, 5) is 22.4. The summed E-state index contributed by atoms with van der Waals surface area (Å²) in [7, 11) is 1.95. The molecule has 1 aliphatic rings. The minimum Gasteiger partial charge on any atom is -0.325 e. The van der Waals surface area contributed by atoms with Crippen LogP contribution in [0.1, 0.15) is 31.4 Å². The van der Waals surface area contributed by atoms with Crippen molar-refractivity contribution in [2.24, 2.45) is 13.0 Å². The number of carbonyl (C=O) groups excluding carboxylic acids is 1. The van der Waals surface area contributed by atoms with Crippen LogP contribution in [0.5, 0.6) is 0 Å². The Morgan fingerprint density at radius 2 is 2.07 bits per heavy atom. The highest BCUT2D eigenvalue weighted by Crippen LogP contribution is 2.32. The number of nitrogens with one attached hydrogen (secondary N) is 1. The van der Waals surface area contributed by atoms with E-state index in [1.807, 2.05) is 30.1 Å². The average molecular weight is 418 g/mol. The van der Waals surface area contributed by atoms with E-state index in [9.17, 15) is 4.79 Å².